The number of rotatable bonds is 6. The van der Waals surface area contributed by atoms with E-state index in [1.807, 2.05) is 58.8 Å². The van der Waals surface area contributed by atoms with Gasteiger partial charge in [-0.15, -0.1) is 0 Å². The Morgan fingerprint density at radius 2 is 1.34 bits per heavy atom. The first-order valence-corrected chi connectivity index (χ1v) is 20.5. The van der Waals surface area contributed by atoms with E-state index in [9.17, 15) is 9.59 Å². The molecule has 9 rings (SSSR count). The third kappa shape index (κ3) is 6.80. The third-order valence-electron chi connectivity index (χ3n) is 12.4. The summed E-state index contributed by atoms with van der Waals surface area (Å²) in [5.41, 5.74) is 4.01. The molecule has 6 atom stereocenters. The molecular weight excluding hydrogens is 701 g/mol. The van der Waals surface area contributed by atoms with E-state index < -0.39 is 16.7 Å². The van der Waals surface area contributed by atoms with E-state index in [-0.39, 0.29) is 24.1 Å². The zero-order chi connectivity index (χ0) is 39.0. The van der Waals surface area contributed by atoms with Crippen molar-refractivity contribution >= 4 is 22.8 Å². The number of carbonyl (C=O) groups is 2. The van der Waals surface area contributed by atoms with Crippen LogP contribution in [0.15, 0.2) is 73.1 Å². The second-order valence-electron chi connectivity index (χ2n) is 18.6. The maximum absolute atomic E-state index is 13.8. The lowest BCUT2D eigenvalue weighted by Gasteiger charge is -2.31. The molecule has 2 aliphatic heterocycles. The molecule has 0 unspecified atom stereocenters. The third-order valence-corrected chi connectivity index (χ3v) is 12.4. The summed E-state index contributed by atoms with van der Waals surface area (Å²) in [7, 11) is 0. The molecule has 0 spiro atoms. The molecule has 0 radical (unpaired) electrons. The summed E-state index contributed by atoms with van der Waals surface area (Å²) in [5.74, 6) is 2.13. The molecule has 56 heavy (non-hydrogen) atoms. The van der Waals surface area contributed by atoms with Crippen molar-refractivity contribution in [2.24, 2.45) is 11.8 Å². The number of likely N-dealkylation sites (tertiary alicyclic amines) is 1. The first-order chi connectivity index (χ1) is 26.7. The highest BCUT2D eigenvalue weighted by atomic mass is 16.6. The van der Waals surface area contributed by atoms with Crippen molar-refractivity contribution in [2.45, 2.75) is 128 Å². The Kier molecular flexibility index (Phi) is 8.91. The van der Waals surface area contributed by atoms with Crippen LogP contribution < -0.4 is 5.32 Å². The van der Waals surface area contributed by atoms with Gasteiger partial charge in [-0.1, -0.05) is 61.4 Å². The number of hydrogen-bond acceptors (Lipinski definition) is 7. The average Bonchev–Trinajstić information content (AvgIpc) is 3.99. The molecule has 2 aliphatic carbocycles. The fourth-order valence-electron chi connectivity index (χ4n) is 9.89. The van der Waals surface area contributed by atoms with Crippen molar-refractivity contribution in [3.63, 3.8) is 0 Å². The zero-order valence-corrected chi connectivity index (χ0v) is 33.4. The van der Waals surface area contributed by atoms with Gasteiger partial charge in [-0.3, -0.25) is 10.2 Å². The Morgan fingerprint density at radius 3 is 2.07 bits per heavy atom. The van der Waals surface area contributed by atoms with E-state index in [0.29, 0.717) is 30.1 Å². The minimum atomic E-state index is -0.972. The van der Waals surface area contributed by atoms with Crippen molar-refractivity contribution in [3.05, 3.63) is 84.7 Å². The predicted octanol–water partition coefficient (Wildman–Crippen LogP) is 9.84. The molecule has 10 heteroatoms. The summed E-state index contributed by atoms with van der Waals surface area (Å²) >= 11 is 0. The van der Waals surface area contributed by atoms with Gasteiger partial charge in [-0.2, -0.15) is 0 Å². The van der Waals surface area contributed by atoms with Crippen LogP contribution in [0, 0.1) is 11.8 Å². The summed E-state index contributed by atoms with van der Waals surface area (Å²) in [6.07, 6.45) is 11.8. The topological polar surface area (TPSA) is 125 Å². The standard InChI is InChI=1S/C46H54N6O4/c1-44(2,3)55-42(53)46(24-34-10-7-11-35(34)51-46)41-48-26-37(50-41)32-20-19-30-21-29(17-18-31(30)22-32)27-13-15-28(16-14-27)36-25-47-40(49-36)39-23-33-9-8-12-38(33)52(39)43(54)56-45(4,5)6/h13-22,25-26,33-35,38-39,51H,7-12,23-24H2,1-6H3,(H,47,49)(H,48,50)/t33-,34-,35-,38-,39-,46-/m0/s1. The van der Waals surface area contributed by atoms with Gasteiger partial charge < -0.3 is 19.4 Å². The first-order valence-electron chi connectivity index (χ1n) is 20.5. The zero-order valence-electron chi connectivity index (χ0n) is 33.4. The van der Waals surface area contributed by atoms with Crippen molar-refractivity contribution in [1.82, 2.24) is 30.2 Å². The van der Waals surface area contributed by atoms with Crippen LogP contribution >= 0.6 is 0 Å². The number of aromatic nitrogens is 4. The molecule has 5 aromatic rings. The normalized spacial score (nSPS) is 26.1. The highest BCUT2D eigenvalue weighted by Gasteiger charge is 2.56. The number of H-pyrrole nitrogens is 2. The summed E-state index contributed by atoms with van der Waals surface area (Å²) in [6, 6.07) is 21.9. The fraction of sp³-hybridized carbons (Fsp3) is 0.478. The number of amides is 1. The highest BCUT2D eigenvalue weighted by molar-refractivity contribution is 5.91. The van der Waals surface area contributed by atoms with Crippen molar-refractivity contribution < 1.29 is 19.1 Å². The molecule has 3 aromatic carbocycles. The van der Waals surface area contributed by atoms with E-state index >= 15 is 0 Å². The second kappa shape index (κ2) is 13.6. The smallest absolute Gasteiger partial charge is 0.411 e. The van der Waals surface area contributed by atoms with E-state index in [4.69, 9.17) is 19.4 Å². The largest absolute Gasteiger partial charge is 0.458 e. The number of carbonyl (C=O) groups excluding carboxylic acids is 2. The number of benzene rings is 3. The molecule has 292 valence electrons. The number of nitrogens with zero attached hydrogens (tertiary/aromatic N) is 3. The van der Waals surface area contributed by atoms with E-state index in [2.05, 4.69) is 75.9 Å². The molecule has 2 saturated heterocycles. The molecule has 2 saturated carbocycles. The Balaban J connectivity index is 0.918. The van der Waals surface area contributed by atoms with Crippen LogP contribution in [0.1, 0.15) is 111 Å². The molecule has 4 fully saturated rings. The lowest BCUT2D eigenvalue weighted by molar-refractivity contribution is -0.164. The fourth-order valence-corrected chi connectivity index (χ4v) is 9.89. The van der Waals surface area contributed by atoms with Gasteiger partial charge in [0.2, 0.25) is 0 Å². The summed E-state index contributed by atoms with van der Waals surface area (Å²) < 4.78 is 11.8. The van der Waals surface area contributed by atoms with Crippen molar-refractivity contribution in [2.75, 3.05) is 0 Å². The lowest BCUT2D eigenvalue weighted by Crippen LogP contribution is -2.50. The van der Waals surface area contributed by atoms with Crippen LogP contribution in [0.5, 0.6) is 0 Å². The van der Waals surface area contributed by atoms with Crippen molar-refractivity contribution in [3.8, 4) is 33.6 Å². The molecular formula is C46H54N6O4. The Morgan fingerprint density at radius 1 is 0.714 bits per heavy atom. The van der Waals surface area contributed by atoms with Crippen LogP contribution in [0.4, 0.5) is 4.79 Å². The van der Waals surface area contributed by atoms with Crippen molar-refractivity contribution in [1.29, 1.82) is 0 Å². The number of hydrogen-bond donors (Lipinski definition) is 3. The summed E-state index contributed by atoms with van der Waals surface area (Å²) in [6.45, 7) is 11.5. The quantitative estimate of drug-likeness (QED) is 0.147. The first kappa shape index (κ1) is 36.7. The van der Waals surface area contributed by atoms with Gasteiger partial charge in [-0.05, 0) is 131 Å². The van der Waals surface area contributed by atoms with Crippen LogP contribution in [0.3, 0.4) is 0 Å². The predicted molar refractivity (Wildman–Crippen MR) is 218 cm³/mol. The van der Waals surface area contributed by atoms with Gasteiger partial charge in [0.25, 0.3) is 0 Å². The Bertz CT molecular complexity index is 2260. The minimum Gasteiger partial charge on any atom is -0.458 e. The minimum absolute atomic E-state index is 0.112. The number of imidazole rings is 2. The Labute approximate surface area is 329 Å². The highest BCUT2D eigenvalue weighted by Crippen LogP contribution is 2.48. The number of ether oxygens (including phenoxy) is 2. The molecule has 4 aliphatic rings. The lowest BCUT2D eigenvalue weighted by atomic mass is 9.90. The Hall–Kier alpha value is -4.96. The van der Waals surface area contributed by atoms with Gasteiger partial charge in [-0.25, -0.2) is 19.6 Å². The number of nitrogens with one attached hydrogen (secondary N) is 3. The molecule has 0 bridgehead atoms. The number of fused-ring (bicyclic) bond motifs is 3. The number of aromatic amines is 2. The average molecular weight is 755 g/mol. The molecule has 10 nitrogen and oxygen atoms in total. The molecule has 4 heterocycles. The number of esters is 1. The second-order valence-corrected chi connectivity index (χ2v) is 18.6. The monoisotopic (exact) mass is 754 g/mol. The molecule has 1 amide bonds. The maximum atomic E-state index is 13.8. The van der Waals surface area contributed by atoms with Gasteiger partial charge >= 0.3 is 12.1 Å². The van der Waals surface area contributed by atoms with Gasteiger partial charge in [0.15, 0.2) is 5.54 Å². The summed E-state index contributed by atoms with van der Waals surface area (Å²) in [5, 5.41) is 5.93. The van der Waals surface area contributed by atoms with Gasteiger partial charge in [0, 0.05) is 17.6 Å². The maximum Gasteiger partial charge on any atom is 0.411 e. The van der Waals surface area contributed by atoms with Gasteiger partial charge in [0.05, 0.1) is 29.8 Å². The summed E-state index contributed by atoms with van der Waals surface area (Å²) in [4.78, 5) is 45.8. The van der Waals surface area contributed by atoms with Crippen LogP contribution in [-0.4, -0.2) is 60.2 Å². The molecule has 2 aromatic heterocycles. The van der Waals surface area contributed by atoms with E-state index in [1.54, 1.807) is 0 Å². The SMILES string of the molecule is CC(C)(C)OC(=O)N1[C@H](c2ncc(-c3ccc(-c4ccc5cc(-c6cnc([C@]7(C(=O)OC(C)(C)C)C[C@@H]8CCC[C@@H]8N7)[nH]6)ccc5c4)cc3)[nH]2)C[C@@H]2CCC[C@@H]21. The molecule has 3 N–H and O–H groups in total. The van der Waals surface area contributed by atoms with Crippen LogP contribution in [-0.2, 0) is 19.8 Å². The van der Waals surface area contributed by atoms with Crippen LogP contribution in [0.2, 0.25) is 0 Å². The van der Waals surface area contributed by atoms with E-state index in [0.717, 1.165) is 88.8 Å². The van der Waals surface area contributed by atoms with Gasteiger partial charge in [0.1, 0.15) is 22.9 Å². The van der Waals surface area contributed by atoms with E-state index in [1.165, 1.54) is 6.42 Å². The van der Waals surface area contributed by atoms with Crippen LogP contribution in [0.25, 0.3) is 44.4 Å².